The van der Waals surface area contributed by atoms with Gasteiger partial charge in [0.1, 0.15) is 35.5 Å². The highest BCUT2D eigenvalue weighted by Gasteiger charge is 2.47. The van der Waals surface area contributed by atoms with Crippen LogP contribution in [0.4, 0.5) is 4.79 Å². The Morgan fingerprint density at radius 1 is 1.24 bits per heavy atom. The molecule has 1 aromatic heterocycles. The summed E-state index contributed by atoms with van der Waals surface area (Å²) in [6.07, 6.45) is 0. The number of phenolic OH excluding ortho intramolecular Hbond substituents is 1. The number of aliphatic hydroxyl groups is 1. The Labute approximate surface area is 170 Å². The predicted molar refractivity (Wildman–Crippen MR) is 100 cm³/mol. The first-order chi connectivity index (χ1) is 13.7. The smallest absolute Gasteiger partial charge is 0.328 e. The second-order valence-corrected chi connectivity index (χ2v) is 7.08. The fraction of sp³-hybridized carbons (Fsp3) is 0.333. The number of amides is 4. The third kappa shape index (κ3) is 3.52. The highest BCUT2D eigenvalue weighted by Crippen LogP contribution is 2.36. The number of carbonyl (C=O) groups excluding carboxylic acids is 3. The van der Waals surface area contributed by atoms with Gasteiger partial charge >= 0.3 is 6.03 Å². The highest BCUT2D eigenvalue weighted by molar-refractivity contribution is 6.32. The van der Waals surface area contributed by atoms with Gasteiger partial charge in [-0.15, -0.1) is 0 Å². The number of barbiturate groups is 1. The third-order valence-electron chi connectivity index (χ3n) is 5.02. The number of carbonyl (C=O) groups is 3. The zero-order valence-electron chi connectivity index (χ0n) is 15.6. The van der Waals surface area contributed by atoms with Crippen LogP contribution in [0.5, 0.6) is 5.75 Å². The summed E-state index contributed by atoms with van der Waals surface area (Å²) in [4.78, 5) is 36.7. The Bertz CT molecular complexity index is 998. The quantitative estimate of drug-likeness (QED) is 0.307. The number of urea groups is 1. The van der Waals surface area contributed by atoms with Crippen LogP contribution in [0.15, 0.2) is 18.2 Å². The van der Waals surface area contributed by atoms with Crippen LogP contribution < -0.4 is 15.4 Å². The molecule has 0 spiro atoms. The molecule has 0 aliphatic carbocycles. The Morgan fingerprint density at radius 3 is 2.41 bits per heavy atom. The molecule has 1 aliphatic rings. The summed E-state index contributed by atoms with van der Waals surface area (Å²) < 4.78 is 2.11. The van der Waals surface area contributed by atoms with E-state index in [0.29, 0.717) is 21.7 Å². The molecule has 4 N–H and O–H groups in total. The zero-order chi connectivity index (χ0) is 21.5. The number of rotatable bonds is 5. The Hall–Kier alpha value is -3.11. The van der Waals surface area contributed by atoms with Gasteiger partial charge in [0.2, 0.25) is 11.8 Å². The van der Waals surface area contributed by atoms with Crippen molar-refractivity contribution in [2.75, 3.05) is 6.61 Å². The van der Waals surface area contributed by atoms with Crippen LogP contribution in [0.2, 0.25) is 5.02 Å². The number of hydrogen-bond donors (Lipinski definition) is 4. The van der Waals surface area contributed by atoms with Crippen molar-refractivity contribution in [1.82, 2.24) is 15.2 Å². The normalized spacial score (nSPS) is 15.9. The van der Waals surface area contributed by atoms with Gasteiger partial charge < -0.3 is 15.4 Å². The molecule has 29 heavy (non-hydrogen) atoms. The summed E-state index contributed by atoms with van der Waals surface area (Å²) in [5.74, 6) is -4.53. The minimum absolute atomic E-state index is 0.0282. The second-order valence-electron chi connectivity index (χ2n) is 6.67. The van der Waals surface area contributed by atoms with Crippen molar-refractivity contribution in [2.45, 2.75) is 26.3 Å². The number of nitrogens with zero attached hydrogens (tertiary/aromatic N) is 2. The van der Waals surface area contributed by atoms with E-state index in [0.717, 1.165) is 0 Å². The molecule has 1 aliphatic heterocycles. The van der Waals surface area contributed by atoms with Gasteiger partial charge in [-0.2, -0.15) is 0 Å². The van der Waals surface area contributed by atoms with Crippen molar-refractivity contribution in [3.8, 4) is 5.75 Å². The molecule has 0 unspecified atom stereocenters. The lowest BCUT2D eigenvalue weighted by Gasteiger charge is -2.28. The fourth-order valence-electron chi connectivity index (χ4n) is 3.51. The molecule has 10 nitrogen and oxygen atoms in total. The number of imidazole rings is 1. The lowest BCUT2D eigenvalue weighted by molar-refractivity contribution is -0.621. The van der Waals surface area contributed by atoms with Gasteiger partial charge in [-0.25, -0.2) is 14.1 Å². The van der Waals surface area contributed by atoms with E-state index in [4.69, 9.17) is 11.6 Å². The van der Waals surface area contributed by atoms with Crippen LogP contribution in [0.1, 0.15) is 28.7 Å². The van der Waals surface area contributed by atoms with E-state index in [2.05, 4.69) is 0 Å². The molecule has 0 radical (unpaired) electrons. The molecule has 1 saturated heterocycles. The van der Waals surface area contributed by atoms with Crippen LogP contribution in [-0.4, -0.2) is 39.2 Å². The van der Waals surface area contributed by atoms with Gasteiger partial charge in [0, 0.05) is 13.8 Å². The predicted octanol–water partition coefficient (Wildman–Crippen LogP) is 0.204. The topological polar surface area (TPSA) is 148 Å². The van der Waals surface area contributed by atoms with Crippen molar-refractivity contribution < 1.29 is 29.3 Å². The number of halogens is 1. The van der Waals surface area contributed by atoms with Gasteiger partial charge in [-0.3, -0.25) is 20.2 Å². The van der Waals surface area contributed by atoms with E-state index in [-0.39, 0.29) is 29.7 Å². The Morgan fingerprint density at radius 2 is 1.86 bits per heavy atom. The van der Waals surface area contributed by atoms with Crippen LogP contribution in [0, 0.1) is 25.0 Å². The van der Waals surface area contributed by atoms with Crippen molar-refractivity contribution in [2.24, 2.45) is 5.92 Å². The van der Waals surface area contributed by atoms with Crippen molar-refractivity contribution >= 4 is 29.4 Å². The van der Waals surface area contributed by atoms with E-state index < -0.39 is 29.7 Å². The molecule has 2 heterocycles. The first-order valence-corrected chi connectivity index (χ1v) is 9.09. The van der Waals surface area contributed by atoms with Crippen molar-refractivity contribution in [1.29, 1.82) is 0 Å². The summed E-state index contributed by atoms with van der Waals surface area (Å²) in [6, 6.07) is 3.11. The maximum atomic E-state index is 13.0. The second kappa shape index (κ2) is 7.72. The Balaban J connectivity index is 2.29. The first-order valence-electron chi connectivity index (χ1n) is 8.71. The van der Waals surface area contributed by atoms with Crippen LogP contribution >= 0.6 is 11.6 Å². The lowest BCUT2D eigenvalue weighted by Crippen LogP contribution is -2.58. The molecule has 3 rings (SSSR count). The van der Waals surface area contributed by atoms with E-state index in [1.165, 1.54) is 22.8 Å². The minimum Gasteiger partial charge on any atom is -0.711 e. The molecule has 154 valence electrons. The monoisotopic (exact) mass is 422 g/mol. The number of benzene rings is 1. The maximum Gasteiger partial charge on any atom is 0.328 e. The van der Waals surface area contributed by atoms with Gasteiger partial charge in [-0.1, -0.05) is 17.7 Å². The number of aliphatic hydroxyl groups excluding tert-OH is 1. The molecule has 2 aromatic rings. The largest absolute Gasteiger partial charge is 0.711 e. The summed E-state index contributed by atoms with van der Waals surface area (Å²) >= 11 is 6.02. The molecule has 11 heteroatoms. The molecule has 0 saturated carbocycles. The van der Waals surface area contributed by atoms with E-state index >= 15 is 0 Å². The molecule has 1 atom stereocenters. The highest BCUT2D eigenvalue weighted by atomic mass is 35.5. The van der Waals surface area contributed by atoms with E-state index in [9.17, 15) is 29.8 Å². The fourth-order valence-corrected chi connectivity index (χ4v) is 3.70. The third-order valence-corrected chi connectivity index (χ3v) is 5.32. The van der Waals surface area contributed by atoms with Gasteiger partial charge in [-0.05, 0) is 17.7 Å². The SMILES string of the molecule is Cc1c(C)[n+]([O-])c([C@H](c2ccc(O)c(Cl)c2)C2C(=O)NC(=O)NC2=O)n1CCO. The van der Waals surface area contributed by atoms with Crippen LogP contribution in [0.25, 0.3) is 0 Å². The molecule has 0 bridgehead atoms. The molecule has 4 amide bonds. The zero-order valence-corrected chi connectivity index (χ0v) is 16.4. The summed E-state index contributed by atoms with van der Waals surface area (Å²) in [7, 11) is 0. The number of phenols is 1. The van der Waals surface area contributed by atoms with Crippen molar-refractivity contribution in [3.63, 3.8) is 0 Å². The van der Waals surface area contributed by atoms with Gasteiger partial charge in [0.25, 0.3) is 5.82 Å². The number of aromatic nitrogens is 2. The standard InChI is InChI=1S/C18H19ClN4O6/c1-8-9(2)23(29)17(22(8)5-6-24)13(10-3-4-12(25)11(19)7-10)14-15(26)20-18(28)21-16(14)27/h3-4,7,13-14,24-25H,5-6H2,1-2H3,(H2,20,21,26,27,28)/t13-/m1/s1. The number of nitrogens with one attached hydrogen (secondary N) is 2. The first kappa shape index (κ1) is 20.6. The summed E-state index contributed by atoms with van der Waals surface area (Å²) in [5.41, 5.74) is 1.18. The number of hydrogen-bond acceptors (Lipinski definition) is 6. The molecular weight excluding hydrogens is 404 g/mol. The minimum atomic E-state index is -1.46. The summed E-state index contributed by atoms with van der Waals surface area (Å²) in [5, 5.41) is 36.2. The molecule has 1 fully saturated rings. The Kier molecular flexibility index (Phi) is 5.49. The average molecular weight is 423 g/mol. The van der Waals surface area contributed by atoms with Crippen molar-refractivity contribution in [3.05, 3.63) is 51.2 Å². The summed E-state index contributed by atoms with van der Waals surface area (Å²) in [6.45, 7) is 3.01. The number of imide groups is 2. The molecular formula is C18H19ClN4O6. The van der Waals surface area contributed by atoms with Crippen LogP contribution in [0.3, 0.4) is 0 Å². The van der Waals surface area contributed by atoms with Gasteiger partial charge in [0.15, 0.2) is 0 Å². The number of aromatic hydroxyl groups is 1. The van der Waals surface area contributed by atoms with E-state index in [1.54, 1.807) is 13.8 Å². The maximum absolute atomic E-state index is 13.0. The van der Waals surface area contributed by atoms with Crippen LogP contribution in [-0.2, 0) is 16.1 Å². The van der Waals surface area contributed by atoms with E-state index in [1.807, 2.05) is 10.6 Å². The molecule has 1 aromatic carbocycles. The lowest BCUT2D eigenvalue weighted by atomic mass is 9.83. The van der Waals surface area contributed by atoms with Gasteiger partial charge in [0.05, 0.1) is 11.6 Å². The average Bonchev–Trinajstić information content (AvgIpc) is 2.85.